The molecule has 0 unspecified atom stereocenters. The SMILES string of the molecule is Oc1cc(Cl)c(OCCCc2ccc(F)cc2)c(Cl)c1. The first-order chi connectivity index (χ1) is 9.56. The van der Waals surface area contributed by atoms with E-state index in [9.17, 15) is 9.50 Å². The summed E-state index contributed by atoms with van der Waals surface area (Å²) in [6.07, 6.45) is 1.52. The zero-order chi connectivity index (χ0) is 14.5. The van der Waals surface area contributed by atoms with Crippen molar-refractivity contribution in [3.63, 3.8) is 0 Å². The largest absolute Gasteiger partial charge is 0.508 e. The maximum absolute atomic E-state index is 12.7. The Morgan fingerprint density at radius 3 is 2.25 bits per heavy atom. The topological polar surface area (TPSA) is 29.5 Å². The molecule has 0 aliphatic heterocycles. The average Bonchev–Trinajstić information content (AvgIpc) is 2.39. The van der Waals surface area contributed by atoms with Gasteiger partial charge >= 0.3 is 0 Å². The number of ether oxygens (including phenoxy) is 1. The van der Waals surface area contributed by atoms with Crippen molar-refractivity contribution in [2.24, 2.45) is 0 Å². The average molecular weight is 315 g/mol. The maximum Gasteiger partial charge on any atom is 0.156 e. The first-order valence-corrected chi connectivity index (χ1v) is 6.87. The fourth-order valence-electron chi connectivity index (χ4n) is 1.79. The molecular weight excluding hydrogens is 302 g/mol. The van der Waals surface area contributed by atoms with Crippen LogP contribution in [-0.2, 0) is 6.42 Å². The van der Waals surface area contributed by atoms with Gasteiger partial charge in [0.2, 0.25) is 0 Å². The Bertz CT molecular complexity index is 562. The molecule has 0 heterocycles. The van der Waals surface area contributed by atoms with Gasteiger partial charge in [-0.15, -0.1) is 0 Å². The van der Waals surface area contributed by atoms with Crippen LogP contribution in [0.25, 0.3) is 0 Å². The van der Waals surface area contributed by atoms with Crippen LogP contribution in [0.2, 0.25) is 10.0 Å². The normalized spacial score (nSPS) is 10.6. The fourth-order valence-corrected chi connectivity index (χ4v) is 2.37. The van der Waals surface area contributed by atoms with E-state index >= 15 is 0 Å². The van der Waals surface area contributed by atoms with Gasteiger partial charge in [0, 0.05) is 12.1 Å². The molecule has 2 nitrogen and oxygen atoms in total. The summed E-state index contributed by atoms with van der Waals surface area (Å²) in [5.41, 5.74) is 1.04. The van der Waals surface area contributed by atoms with Crippen LogP contribution in [0.15, 0.2) is 36.4 Å². The predicted octanol–water partition coefficient (Wildman–Crippen LogP) is 4.85. The molecule has 2 aromatic rings. The molecule has 0 spiro atoms. The summed E-state index contributed by atoms with van der Waals surface area (Å²) in [5, 5.41) is 9.86. The Labute approximate surface area is 126 Å². The van der Waals surface area contributed by atoms with E-state index in [4.69, 9.17) is 27.9 Å². The second-order valence-electron chi connectivity index (χ2n) is 4.32. The molecule has 0 bridgehead atoms. The van der Waals surface area contributed by atoms with Gasteiger partial charge in [0.05, 0.1) is 16.7 Å². The number of halogens is 3. The molecule has 0 radical (unpaired) electrons. The van der Waals surface area contributed by atoms with Crippen molar-refractivity contribution in [1.82, 2.24) is 0 Å². The Hall–Kier alpha value is -1.45. The van der Waals surface area contributed by atoms with Crippen LogP contribution in [0.1, 0.15) is 12.0 Å². The van der Waals surface area contributed by atoms with E-state index < -0.39 is 0 Å². The summed E-state index contributed by atoms with van der Waals surface area (Å²) in [7, 11) is 0. The van der Waals surface area contributed by atoms with Crippen LogP contribution in [-0.4, -0.2) is 11.7 Å². The molecule has 0 atom stereocenters. The molecule has 106 valence electrons. The highest BCUT2D eigenvalue weighted by molar-refractivity contribution is 6.37. The minimum absolute atomic E-state index is 0.00124. The van der Waals surface area contributed by atoms with Crippen molar-refractivity contribution in [3.05, 3.63) is 57.8 Å². The van der Waals surface area contributed by atoms with Gasteiger partial charge in [-0.05, 0) is 30.5 Å². The van der Waals surface area contributed by atoms with Crippen molar-refractivity contribution in [2.45, 2.75) is 12.8 Å². The van der Waals surface area contributed by atoms with E-state index in [0.29, 0.717) is 12.4 Å². The van der Waals surface area contributed by atoms with Crippen molar-refractivity contribution in [2.75, 3.05) is 6.61 Å². The van der Waals surface area contributed by atoms with Crippen molar-refractivity contribution in [3.8, 4) is 11.5 Å². The molecule has 0 saturated carbocycles. The minimum atomic E-state index is -0.243. The molecule has 2 aromatic carbocycles. The molecule has 0 fully saturated rings. The summed E-state index contributed by atoms with van der Waals surface area (Å²) in [6.45, 7) is 0.432. The van der Waals surface area contributed by atoms with Crippen molar-refractivity contribution >= 4 is 23.2 Å². The smallest absolute Gasteiger partial charge is 0.156 e. The summed E-state index contributed by atoms with van der Waals surface area (Å²) in [5.74, 6) is 0.122. The van der Waals surface area contributed by atoms with E-state index in [2.05, 4.69) is 0 Å². The molecule has 0 saturated heterocycles. The molecule has 20 heavy (non-hydrogen) atoms. The van der Waals surface area contributed by atoms with E-state index in [-0.39, 0.29) is 21.6 Å². The van der Waals surface area contributed by atoms with Gasteiger partial charge in [-0.1, -0.05) is 35.3 Å². The number of aryl methyl sites for hydroxylation is 1. The Morgan fingerprint density at radius 2 is 1.65 bits per heavy atom. The van der Waals surface area contributed by atoms with Gasteiger partial charge in [-0.25, -0.2) is 4.39 Å². The highest BCUT2D eigenvalue weighted by Crippen LogP contribution is 2.36. The van der Waals surface area contributed by atoms with Gasteiger partial charge in [0.1, 0.15) is 11.6 Å². The van der Waals surface area contributed by atoms with Gasteiger partial charge in [-0.2, -0.15) is 0 Å². The molecule has 5 heteroatoms. The van der Waals surface area contributed by atoms with Crippen LogP contribution in [0, 0.1) is 5.82 Å². The molecular formula is C15H13Cl2FO2. The van der Waals surface area contributed by atoms with Crippen LogP contribution < -0.4 is 4.74 Å². The number of phenols is 1. The fraction of sp³-hybridized carbons (Fsp3) is 0.200. The Balaban J connectivity index is 1.86. The minimum Gasteiger partial charge on any atom is -0.508 e. The highest BCUT2D eigenvalue weighted by Gasteiger charge is 2.09. The van der Waals surface area contributed by atoms with Gasteiger partial charge < -0.3 is 9.84 Å². The predicted molar refractivity (Wildman–Crippen MR) is 78.3 cm³/mol. The van der Waals surface area contributed by atoms with Crippen molar-refractivity contribution < 1.29 is 14.2 Å². The molecule has 0 amide bonds. The number of rotatable bonds is 5. The molecule has 0 aromatic heterocycles. The third-order valence-electron chi connectivity index (χ3n) is 2.75. The van der Waals surface area contributed by atoms with Crippen LogP contribution in [0.3, 0.4) is 0 Å². The molecule has 0 aliphatic carbocycles. The molecule has 2 rings (SSSR count). The van der Waals surface area contributed by atoms with Gasteiger partial charge in [0.15, 0.2) is 5.75 Å². The number of benzene rings is 2. The summed E-state index contributed by atoms with van der Waals surface area (Å²) in [6, 6.07) is 9.12. The first kappa shape index (κ1) is 14.9. The lowest BCUT2D eigenvalue weighted by molar-refractivity contribution is 0.311. The maximum atomic E-state index is 12.7. The van der Waals surface area contributed by atoms with Crippen LogP contribution >= 0.6 is 23.2 Å². The van der Waals surface area contributed by atoms with E-state index in [1.165, 1.54) is 24.3 Å². The third kappa shape index (κ3) is 4.02. The summed E-state index contributed by atoms with van der Waals surface area (Å²) >= 11 is 11.9. The molecule has 0 aliphatic rings. The lowest BCUT2D eigenvalue weighted by Crippen LogP contribution is -2.00. The van der Waals surface area contributed by atoms with E-state index in [0.717, 1.165) is 18.4 Å². The lowest BCUT2D eigenvalue weighted by Gasteiger charge is -2.10. The Kier molecular flexibility index (Phi) is 5.10. The van der Waals surface area contributed by atoms with E-state index in [1.807, 2.05) is 0 Å². The standard InChI is InChI=1S/C15H13Cl2FO2/c16-13-8-12(19)9-14(17)15(13)20-7-1-2-10-3-5-11(18)6-4-10/h3-6,8-9,19H,1-2,7H2. The number of phenolic OH excluding ortho intramolecular Hbond substituents is 1. The molecule has 1 N–H and O–H groups in total. The van der Waals surface area contributed by atoms with E-state index in [1.54, 1.807) is 12.1 Å². The number of hydrogen-bond donors (Lipinski definition) is 1. The second kappa shape index (κ2) is 6.82. The quantitative estimate of drug-likeness (QED) is 0.799. The third-order valence-corrected chi connectivity index (χ3v) is 3.31. The van der Waals surface area contributed by atoms with Gasteiger partial charge in [0.25, 0.3) is 0 Å². The first-order valence-electron chi connectivity index (χ1n) is 6.11. The van der Waals surface area contributed by atoms with Crippen molar-refractivity contribution in [1.29, 1.82) is 0 Å². The van der Waals surface area contributed by atoms with Crippen LogP contribution in [0.4, 0.5) is 4.39 Å². The zero-order valence-corrected chi connectivity index (χ0v) is 12.1. The summed E-state index contributed by atoms with van der Waals surface area (Å²) < 4.78 is 18.3. The number of aromatic hydroxyl groups is 1. The highest BCUT2D eigenvalue weighted by atomic mass is 35.5. The monoisotopic (exact) mass is 314 g/mol. The zero-order valence-electron chi connectivity index (χ0n) is 10.6. The second-order valence-corrected chi connectivity index (χ2v) is 5.13. The number of hydrogen-bond acceptors (Lipinski definition) is 2. The summed E-state index contributed by atoms with van der Waals surface area (Å²) in [4.78, 5) is 0. The van der Waals surface area contributed by atoms with Gasteiger partial charge in [-0.3, -0.25) is 0 Å². The Morgan fingerprint density at radius 1 is 1.05 bits per heavy atom. The van der Waals surface area contributed by atoms with Crippen LogP contribution in [0.5, 0.6) is 11.5 Å². The lowest BCUT2D eigenvalue weighted by atomic mass is 10.1.